The Labute approximate surface area is 149 Å². The molecule has 0 N–H and O–H groups in total. The monoisotopic (exact) mass is 335 g/mol. The molecule has 0 saturated carbocycles. The van der Waals surface area contributed by atoms with Crippen molar-refractivity contribution < 1.29 is 0 Å². The molecule has 130 valence electrons. The minimum absolute atomic E-state index is 0.0960. The number of aryl methyl sites for hydroxylation is 1. The molecule has 0 saturated heterocycles. The maximum Gasteiger partial charge on any atom is 0.267 e. The van der Waals surface area contributed by atoms with Crippen molar-refractivity contribution in [2.75, 3.05) is 6.54 Å². The lowest BCUT2D eigenvalue weighted by Gasteiger charge is -2.28. The maximum absolute atomic E-state index is 12.3. The van der Waals surface area contributed by atoms with E-state index in [2.05, 4.69) is 61.0 Å². The van der Waals surface area contributed by atoms with Gasteiger partial charge in [-0.3, -0.25) is 9.69 Å². The van der Waals surface area contributed by atoms with Crippen molar-refractivity contribution in [2.24, 2.45) is 0 Å². The molecule has 0 amide bonds. The van der Waals surface area contributed by atoms with Crippen LogP contribution in [0.4, 0.5) is 0 Å². The van der Waals surface area contributed by atoms with Crippen LogP contribution in [-0.4, -0.2) is 21.2 Å². The summed E-state index contributed by atoms with van der Waals surface area (Å²) in [5.74, 6) is 2.74. The van der Waals surface area contributed by atoms with Gasteiger partial charge in [0.15, 0.2) is 0 Å². The molecule has 2 aromatic rings. The van der Waals surface area contributed by atoms with Crippen molar-refractivity contribution in [3.05, 3.63) is 63.6 Å². The Hall–Kier alpha value is -2.38. The summed E-state index contributed by atoms with van der Waals surface area (Å²) in [6.07, 6.45) is 7.68. The molecule has 4 heteroatoms. The molecule has 1 heterocycles. The average Bonchev–Trinajstić information content (AvgIpc) is 2.99. The summed E-state index contributed by atoms with van der Waals surface area (Å²) in [6.45, 7) is 7.18. The van der Waals surface area contributed by atoms with Gasteiger partial charge in [-0.25, -0.2) is 4.68 Å². The van der Waals surface area contributed by atoms with E-state index in [1.54, 1.807) is 10.7 Å². The lowest BCUT2D eigenvalue weighted by molar-refractivity contribution is 0.159. The molecule has 25 heavy (non-hydrogen) atoms. The van der Waals surface area contributed by atoms with Gasteiger partial charge in [-0.05, 0) is 30.0 Å². The Morgan fingerprint density at radius 3 is 2.76 bits per heavy atom. The number of fused-ring (bicyclic) bond motifs is 1. The molecule has 0 bridgehead atoms. The van der Waals surface area contributed by atoms with E-state index in [9.17, 15) is 4.79 Å². The first kappa shape index (κ1) is 17.4. The Bertz CT molecular complexity index is 854. The van der Waals surface area contributed by atoms with Crippen LogP contribution in [0.1, 0.15) is 50.1 Å². The summed E-state index contributed by atoms with van der Waals surface area (Å²) in [7, 11) is 0. The maximum atomic E-state index is 12.3. The van der Waals surface area contributed by atoms with Crippen LogP contribution in [-0.2, 0) is 18.5 Å². The third-order valence-corrected chi connectivity index (χ3v) is 4.79. The first-order chi connectivity index (χ1) is 11.9. The SMILES string of the molecule is C#CCN(Cn1nc(C(C)(C)C)ccc1=O)[C@@H]1CCc2ccccc21. The van der Waals surface area contributed by atoms with Crippen LogP contribution < -0.4 is 5.56 Å². The summed E-state index contributed by atoms with van der Waals surface area (Å²) in [5.41, 5.74) is 3.39. The van der Waals surface area contributed by atoms with Crippen LogP contribution in [0.3, 0.4) is 0 Å². The van der Waals surface area contributed by atoms with Gasteiger partial charge in [0.2, 0.25) is 0 Å². The summed E-state index contributed by atoms with van der Waals surface area (Å²) in [4.78, 5) is 14.5. The highest BCUT2D eigenvalue weighted by molar-refractivity contribution is 5.34. The lowest BCUT2D eigenvalue weighted by Crippen LogP contribution is -2.37. The first-order valence-electron chi connectivity index (χ1n) is 8.74. The molecule has 1 aromatic carbocycles. The minimum atomic E-state index is -0.105. The van der Waals surface area contributed by atoms with Crippen molar-refractivity contribution >= 4 is 0 Å². The van der Waals surface area contributed by atoms with Gasteiger partial charge >= 0.3 is 0 Å². The summed E-state index contributed by atoms with van der Waals surface area (Å²) in [6, 6.07) is 12.1. The molecule has 0 aliphatic heterocycles. The van der Waals surface area contributed by atoms with Gasteiger partial charge < -0.3 is 0 Å². The second kappa shape index (κ2) is 6.85. The van der Waals surface area contributed by atoms with Crippen LogP contribution in [0.15, 0.2) is 41.2 Å². The average molecular weight is 335 g/mol. The topological polar surface area (TPSA) is 38.1 Å². The number of rotatable bonds is 4. The van der Waals surface area contributed by atoms with Crippen LogP contribution in [0.5, 0.6) is 0 Å². The molecule has 0 fully saturated rings. The fraction of sp³-hybridized carbons (Fsp3) is 0.429. The number of hydrogen-bond donors (Lipinski definition) is 0. The van der Waals surface area contributed by atoms with Crippen molar-refractivity contribution in [3.8, 4) is 12.3 Å². The molecule has 3 rings (SSSR count). The van der Waals surface area contributed by atoms with Gasteiger partial charge in [-0.2, -0.15) is 5.10 Å². The third kappa shape index (κ3) is 3.67. The largest absolute Gasteiger partial charge is 0.268 e. The molecule has 1 aliphatic carbocycles. The standard InChI is InChI=1S/C21H25N3O/c1-5-14-23(18-11-10-16-8-6-7-9-17(16)18)15-24-20(25)13-12-19(22-24)21(2,3)4/h1,6-9,12-13,18H,10-11,14-15H2,2-4H3/t18-/m1/s1. The zero-order valence-electron chi connectivity index (χ0n) is 15.2. The molecule has 1 atom stereocenters. The van der Waals surface area contributed by atoms with Crippen molar-refractivity contribution in [3.63, 3.8) is 0 Å². The van der Waals surface area contributed by atoms with E-state index >= 15 is 0 Å². The van der Waals surface area contributed by atoms with E-state index in [-0.39, 0.29) is 17.0 Å². The van der Waals surface area contributed by atoms with Gasteiger partial charge in [0.1, 0.15) is 0 Å². The normalized spacial score (nSPS) is 16.7. The molecule has 0 unspecified atom stereocenters. The molecule has 0 radical (unpaired) electrons. The Kier molecular flexibility index (Phi) is 4.78. The Morgan fingerprint density at radius 2 is 2.04 bits per heavy atom. The van der Waals surface area contributed by atoms with Crippen molar-refractivity contribution in [1.29, 1.82) is 0 Å². The number of benzene rings is 1. The van der Waals surface area contributed by atoms with Crippen molar-refractivity contribution in [1.82, 2.24) is 14.7 Å². The van der Waals surface area contributed by atoms with E-state index in [4.69, 9.17) is 6.42 Å². The zero-order valence-corrected chi connectivity index (χ0v) is 15.2. The smallest absolute Gasteiger partial charge is 0.267 e. The van der Waals surface area contributed by atoms with Crippen LogP contribution in [0, 0.1) is 12.3 Å². The number of aromatic nitrogens is 2. The minimum Gasteiger partial charge on any atom is -0.268 e. The highest BCUT2D eigenvalue weighted by Gasteiger charge is 2.28. The summed E-state index contributed by atoms with van der Waals surface area (Å²) < 4.78 is 1.54. The Balaban J connectivity index is 1.92. The van der Waals surface area contributed by atoms with Crippen LogP contribution >= 0.6 is 0 Å². The molecule has 4 nitrogen and oxygen atoms in total. The number of nitrogens with zero attached hydrogens (tertiary/aromatic N) is 3. The Morgan fingerprint density at radius 1 is 1.28 bits per heavy atom. The first-order valence-corrected chi connectivity index (χ1v) is 8.74. The van der Waals surface area contributed by atoms with E-state index in [0.717, 1.165) is 18.5 Å². The van der Waals surface area contributed by atoms with E-state index in [1.807, 2.05) is 6.07 Å². The highest BCUT2D eigenvalue weighted by atomic mass is 16.1. The molecular weight excluding hydrogens is 310 g/mol. The van der Waals surface area contributed by atoms with Gasteiger partial charge in [0.05, 0.1) is 18.9 Å². The fourth-order valence-corrected chi connectivity index (χ4v) is 3.41. The fourth-order valence-electron chi connectivity index (χ4n) is 3.41. The second-order valence-electron chi connectivity index (χ2n) is 7.65. The molecule has 1 aliphatic rings. The lowest BCUT2D eigenvalue weighted by atomic mass is 9.92. The zero-order chi connectivity index (χ0) is 18.0. The second-order valence-corrected chi connectivity index (χ2v) is 7.65. The third-order valence-electron chi connectivity index (χ3n) is 4.79. The van der Waals surface area contributed by atoms with E-state index < -0.39 is 0 Å². The van der Waals surface area contributed by atoms with Crippen molar-refractivity contribution in [2.45, 2.75) is 51.7 Å². The van der Waals surface area contributed by atoms with Crippen LogP contribution in [0.25, 0.3) is 0 Å². The predicted molar refractivity (Wildman–Crippen MR) is 100 cm³/mol. The molecular formula is C21H25N3O. The summed E-state index contributed by atoms with van der Waals surface area (Å²) in [5, 5.41) is 4.59. The highest BCUT2D eigenvalue weighted by Crippen LogP contribution is 2.35. The predicted octanol–water partition coefficient (Wildman–Crippen LogP) is 3.12. The van der Waals surface area contributed by atoms with Gasteiger partial charge in [-0.15, -0.1) is 6.42 Å². The van der Waals surface area contributed by atoms with Gasteiger partial charge in [0, 0.05) is 17.5 Å². The van der Waals surface area contributed by atoms with E-state index in [1.165, 1.54) is 11.1 Å². The quantitative estimate of drug-likeness (QED) is 0.806. The van der Waals surface area contributed by atoms with Gasteiger partial charge in [0.25, 0.3) is 5.56 Å². The molecule has 1 aromatic heterocycles. The summed E-state index contributed by atoms with van der Waals surface area (Å²) >= 11 is 0. The van der Waals surface area contributed by atoms with Gasteiger partial charge in [-0.1, -0.05) is 51.0 Å². The number of hydrogen-bond acceptors (Lipinski definition) is 3. The molecule has 0 spiro atoms. The van der Waals surface area contributed by atoms with E-state index in [0.29, 0.717) is 13.2 Å². The van der Waals surface area contributed by atoms with Crippen LogP contribution in [0.2, 0.25) is 0 Å². The number of terminal acetylenes is 1.